The highest BCUT2D eigenvalue weighted by Gasteiger charge is 2.42. The van der Waals surface area contributed by atoms with Crippen LogP contribution in [0.1, 0.15) is 37.8 Å². The third-order valence-electron chi connectivity index (χ3n) is 4.33. The number of cyclic esters (lactones) is 1. The molecule has 0 fully saturated rings. The van der Waals surface area contributed by atoms with E-state index < -0.39 is 0 Å². The molecule has 0 aliphatic carbocycles. The molecule has 0 saturated heterocycles. The van der Waals surface area contributed by atoms with Crippen molar-refractivity contribution in [2.24, 2.45) is 11.3 Å². The Morgan fingerprint density at radius 3 is 2.00 bits per heavy atom. The Kier molecular flexibility index (Phi) is 4.08. The minimum atomic E-state index is -0.197. The lowest BCUT2D eigenvalue weighted by Gasteiger charge is -2.37. The first-order chi connectivity index (χ1) is 11.0. The van der Waals surface area contributed by atoms with Gasteiger partial charge in [-0.25, -0.2) is 0 Å². The number of ether oxygens (including phenoxy) is 1. The standard InChI is InChI=1S/C21H22O2/c1-21(2,3)19-17(15-10-6-4-7-11-15)14-18(23-20(19)22)16-12-8-5-9-13-16/h4-14,17,19H,1-3H3/t17-,19-/m1/s1. The molecule has 2 heteroatoms. The second-order valence-electron chi connectivity index (χ2n) is 7.10. The number of benzene rings is 2. The maximum absolute atomic E-state index is 12.7. The molecule has 2 aromatic carbocycles. The van der Waals surface area contributed by atoms with Gasteiger partial charge in [-0.1, -0.05) is 81.4 Å². The van der Waals surface area contributed by atoms with Gasteiger partial charge in [-0.2, -0.15) is 0 Å². The van der Waals surface area contributed by atoms with Crippen molar-refractivity contribution in [1.29, 1.82) is 0 Å². The van der Waals surface area contributed by atoms with E-state index in [1.165, 1.54) is 0 Å². The number of carbonyl (C=O) groups is 1. The molecule has 0 unspecified atom stereocenters. The van der Waals surface area contributed by atoms with Gasteiger partial charge < -0.3 is 4.74 Å². The molecule has 0 aromatic heterocycles. The molecule has 0 bridgehead atoms. The predicted molar refractivity (Wildman–Crippen MR) is 92.6 cm³/mol. The zero-order valence-electron chi connectivity index (χ0n) is 13.8. The summed E-state index contributed by atoms with van der Waals surface area (Å²) in [4.78, 5) is 12.7. The molecular formula is C21H22O2. The topological polar surface area (TPSA) is 26.3 Å². The third kappa shape index (κ3) is 3.21. The third-order valence-corrected chi connectivity index (χ3v) is 4.33. The smallest absolute Gasteiger partial charge is 0.315 e. The molecule has 0 N–H and O–H groups in total. The Morgan fingerprint density at radius 1 is 0.870 bits per heavy atom. The summed E-state index contributed by atoms with van der Waals surface area (Å²) in [7, 11) is 0. The van der Waals surface area contributed by atoms with Gasteiger partial charge in [0.05, 0.1) is 5.92 Å². The molecule has 1 aliphatic heterocycles. The molecule has 23 heavy (non-hydrogen) atoms. The van der Waals surface area contributed by atoms with Crippen LogP contribution in [0.2, 0.25) is 0 Å². The van der Waals surface area contributed by atoms with Crippen LogP contribution in [0.15, 0.2) is 66.7 Å². The van der Waals surface area contributed by atoms with Gasteiger partial charge in [0.25, 0.3) is 0 Å². The summed E-state index contributed by atoms with van der Waals surface area (Å²) in [6, 6.07) is 20.0. The Hall–Kier alpha value is -2.35. The van der Waals surface area contributed by atoms with Crippen molar-refractivity contribution < 1.29 is 9.53 Å². The first kappa shape index (κ1) is 15.5. The van der Waals surface area contributed by atoms with Gasteiger partial charge in [0, 0.05) is 11.5 Å². The van der Waals surface area contributed by atoms with Crippen molar-refractivity contribution in [1.82, 2.24) is 0 Å². The van der Waals surface area contributed by atoms with Crippen LogP contribution >= 0.6 is 0 Å². The summed E-state index contributed by atoms with van der Waals surface area (Å²) in [5.74, 6) is 0.336. The Labute approximate surface area is 137 Å². The highest BCUT2D eigenvalue weighted by atomic mass is 16.5. The quantitative estimate of drug-likeness (QED) is 0.727. The van der Waals surface area contributed by atoms with Crippen molar-refractivity contribution >= 4 is 11.7 Å². The van der Waals surface area contributed by atoms with E-state index in [1.54, 1.807) is 0 Å². The lowest BCUT2D eigenvalue weighted by atomic mass is 9.69. The van der Waals surface area contributed by atoms with E-state index in [-0.39, 0.29) is 23.2 Å². The van der Waals surface area contributed by atoms with E-state index in [0.717, 1.165) is 11.1 Å². The fraction of sp³-hybridized carbons (Fsp3) is 0.286. The minimum absolute atomic E-state index is 0.0210. The van der Waals surface area contributed by atoms with E-state index in [1.807, 2.05) is 48.5 Å². The number of hydrogen-bond acceptors (Lipinski definition) is 2. The lowest BCUT2D eigenvalue weighted by Crippen LogP contribution is -2.37. The molecule has 0 radical (unpaired) electrons. The molecular weight excluding hydrogens is 284 g/mol. The van der Waals surface area contributed by atoms with Crippen molar-refractivity contribution in [3.05, 3.63) is 77.9 Å². The summed E-state index contributed by atoms with van der Waals surface area (Å²) in [5, 5.41) is 0. The van der Waals surface area contributed by atoms with Crippen LogP contribution in [0.4, 0.5) is 0 Å². The molecule has 2 atom stereocenters. The number of carbonyl (C=O) groups excluding carboxylic acids is 1. The number of rotatable bonds is 2. The first-order valence-electron chi connectivity index (χ1n) is 8.01. The lowest BCUT2D eigenvalue weighted by molar-refractivity contribution is -0.146. The minimum Gasteiger partial charge on any atom is -0.426 e. The van der Waals surface area contributed by atoms with E-state index in [4.69, 9.17) is 4.74 Å². The average Bonchev–Trinajstić information content (AvgIpc) is 2.54. The highest BCUT2D eigenvalue weighted by Crippen LogP contribution is 2.44. The van der Waals surface area contributed by atoms with E-state index in [9.17, 15) is 4.79 Å². The van der Waals surface area contributed by atoms with Crippen LogP contribution in [-0.4, -0.2) is 5.97 Å². The molecule has 3 rings (SSSR count). The summed E-state index contributed by atoms with van der Waals surface area (Å²) in [5.41, 5.74) is 1.92. The van der Waals surface area contributed by atoms with Gasteiger partial charge >= 0.3 is 5.97 Å². The molecule has 0 amide bonds. The van der Waals surface area contributed by atoms with E-state index in [2.05, 4.69) is 39.0 Å². The monoisotopic (exact) mass is 306 g/mol. The number of allylic oxidation sites excluding steroid dienone is 1. The summed E-state index contributed by atoms with van der Waals surface area (Å²) in [6.07, 6.45) is 2.10. The second kappa shape index (κ2) is 6.04. The molecule has 2 nitrogen and oxygen atoms in total. The van der Waals surface area contributed by atoms with Gasteiger partial charge in [0.15, 0.2) is 0 Å². The Balaban J connectivity index is 2.09. The van der Waals surface area contributed by atoms with Crippen LogP contribution in [0.5, 0.6) is 0 Å². The van der Waals surface area contributed by atoms with Crippen molar-refractivity contribution in [3.8, 4) is 0 Å². The normalized spacial score (nSPS) is 21.5. The van der Waals surface area contributed by atoms with Crippen LogP contribution < -0.4 is 0 Å². The first-order valence-corrected chi connectivity index (χ1v) is 8.01. The number of esters is 1. The summed E-state index contributed by atoms with van der Waals surface area (Å²) >= 11 is 0. The average molecular weight is 306 g/mol. The fourth-order valence-corrected chi connectivity index (χ4v) is 3.23. The summed E-state index contributed by atoms with van der Waals surface area (Å²) < 4.78 is 5.69. The van der Waals surface area contributed by atoms with Crippen LogP contribution in [-0.2, 0) is 9.53 Å². The molecule has 1 heterocycles. The van der Waals surface area contributed by atoms with Gasteiger partial charge in [-0.05, 0) is 17.1 Å². The molecule has 0 spiro atoms. The van der Waals surface area contributed by atoms with Crippen LogP contribution in [0.25, 0.3) is 5.76 Å². The largest absolute Gasteiger partial charge is 0.426 e. The zero-order chi connectivity index (χ0) is 16.4. The van der Waals surface area contributed by atoms with Crippen LogP contribution in [0.3, 0.4) is 0 Å². The molecule has 0 saturated carbocycles. The Bertz CT molecular complexity index is 709. The fourth-order valence-electron chi connectivity index (χ4n) is 3.23. The number of hydrogen-bond donors (Lipinski definition) is 0. The predicted octanol–water partition coefficient (Wildman–Crippen LogP) is 5.03. The Morgan fingerprint density at radius 2 is 1.43 bits per heavy atom. The van der Waals surface area contributed by atoms with Crippen molar-refractivity contribution in [3.63, 3.8) is 0 Å². The molecule has 1 aliphatic rings. The van der Waals surface area contributed by atoms with E-state index >= 15 is 0 Å². The van der Waals surface area contributed by atoms with Gasteiger partial charge in [-0.3, -0.25) is 4.79 Å². The summed E-state index contributed by atoms with van der Waals surface area (Å²) in [6.45, 7) is 6.28. The zero-order valence-corrected chi connectivity index (χ0v) is 13.8. The van der Waals surface area contributed by atoms with Crippen LogP contribution in [0, 0.1) is 11.3 Å². The van der Waals surface area contributed by atoms with Crippen molar-refractivity contribution in [2.75, 3.05) is 0 Å². The van der Waals surface area contributed by atoms with Gasteiger partial charge in [0.2, 0.25) is 0 Å². The molecule has 2 aromatic rings. The maximum atomic E-state index is 12.7. The highest BCUT2D eigenvalue weighted by molar-refractivity contribution is 5.85. The van der Waals surface area contributed by atoms with E-state index in [0.29, 0.717) is 5.76 Å². The van der Waals surface area contributed by atoms with Gasteiger partial charge in [0.1, 0.15) is 5.76 Å². The second-order valence-corrected chi connectivity index (χ2v) is 7.10. The maximum Gasteiger partial charge on any atom is 0.315 e. The molecule has 118 valence electrons. The SMILES string of the molecule is CC(C)(C)[C@H]1C(=O)OC(c2ccccc2)=C[C@@H]1c1ccccc1. The van der Waals surface area contributed by atoms with Crippen molar-refractivity contribution in [2.45, 2.75) is 26.7 Å². The van der Waals surface area contributed by atoms with Gasteiger partial charge in [-0.15, -0.1) is 0 Å².